The van der Waals surface area contributed by atoms with Gasteiger partial charge in [-0.1, -0.05) is 54.1 Å². The van der Waals surface area contributed by atoms with Crippen molar-refractivity contribution < 1.29 is 0 Å². The summed E-state index contributed by atoms with van der Waals surface area (Å²) in [5, 5.41) is 3.42. The largest absolute Gasteiger partial charge is 0.313 e. The Morgan fingerprint density at radius 1 is 1.00 bits per heavy atom. The van der Waals surface area contributed by atoms with E-state index in [0.717, 1.165) is 6.42 Å². The van der Waals surface area contributed by atoms with Crippen molar-refractivity contribution in [3.8, 4) is 0 Å². The lowest BCUT2D eigenvalue weighted by molar-refractivity contribution is 0.590. The molecule has 0 aliphatic carbocycles. The van der Waals surface area contributed by atoms with Gasteiger partial charge in [0.25, 0.3) is 0 Å². The van der Waals surface area contributed by atoms with E-state index < -0.39 is 0 Å². The molecular formula is C17H21N. The summed E-state index contributed by atoms with van der Waals surface area (Å²) in [5.41, 5.74) is 5.46. The zero-order valence-electron chi connectivity index (χ0n) is 11.4. The number of likely N-dealkylation sites (N-methyl/N-ethyl adjacent to an activating group) is 1. The van der Waals surface area contributed by atoms with Crippen molar-refractivity contribution in [3.05, 3.63) is 70.8 Å². The fourth-order valence-corrected chi connectivity index (χ4v) is 2.33. The van der Waals surface area contributed by atoms with Crippen LogP contribution in [0.1, 0.15) is 28.3 Å². The predicted molar refractivity (Wildman–Crippen MR) is 77.9 cm³/mol. The van der Waals surface area contributed by atoms with Gasteiger partial charge in [0.05, 0.1) is 0 Å². The maximum absolute atomic E-state index is 3.42. The second kappa shape index (κ2) is 5.83. The lowest BCUT2D eigenvalue weighted by atomic mass is 9.95. The SMILES string of the molecule is CNC(Cc1ccccc1C)c1cccc(C)c1. The van der Waals surface area contributed by atoms with Gasteiger partial charge in [-0.2, -0.15) is 0 Å². The van der Waals surface area contributed by atoms with Crippen molar-refractivity contribution in [3.63, 3.8) is 0 Å². The summed E-state index contributed by atoms with van der Waals surface area (Å²) in [5.74, 6) is 0. The average molecular weight is 239 g/mol. The van der Waals surface area contributed by atoms with Gasteiger partial charge in [0.15, 0.2) is 0 Å². The molecule has 0 heterocycles. The lowest BCUT2D eigenvalue weighted by Gasteiger charge is -2.18. The predicted octanol–water partition coefficient (Wildman–Crippen LogP) is 3.81. The maximum atomic E-state index is 3.42. The zero-order valence-corrected chi connectivity index (χ0v) is 11.4. The molecule has 2 rings (SSSR count). The molecule has 1 N–H and O–H groups in total. The zero-order chi connectivity index (χ0) is 13.0. The summed E-state index contributed by atoms with van der Waals surface area (Å²) in [6.45, 7) is 4.32. The molecule has 18 heavy (non-hydrogen) atoms. The average Bonchev–Trinajstić information content (AvgIpc) is 2.38. The molecule has 0 amide bonds. The highest BCUT2D eigenvalue weighted by molar-refractivity contribution is 5.30. The maximum Gasteiger partial charge on any atom is 0.0358 e. The third-order valence-electron chi connectivity index (χ3n) is 3.48. The van der Waals surface area contributed by atoms with Crippen LogP contribution < -0.4 is 5.32 Å². The molecule has 0 bridgehead atoms. The minimum atomic E-state index is 0.381. The van der Waals surface area contributed by atoms with Crippen LogP contribution in [0.4, 0.5) is 0 Å². The second-order valence-electron chi connectivity index (χ2n) is 4.89. The van der Waals surface area contributed by atoms with Gasteiger partial charge in [-0.05, 0) is 44.0 Å². The molecule has 1 unspecified atom stereocenters. The Bertz CT molecular complexity index is 517. The Morgan fingerprint density at radius 3 is 2.44 bits per heavy atom. The first-order valence-corrected chi connectivity index (χ1v) is 6.49. The number of nitrogens with one attached hydrogen (secondary N) is 1. The van der Waals surface area contributed by atoms with Crippen LogP contribution in [-0.2, 0) is 6.42 Å². The molecular weight excluding hydrogens is 218 g/mol. The summed E-state index contributed by atoms with van der Waals surface area (Å²) >= 11 is 0. The van der Waals surface area contributed by atoms with Crippen molar-refractivity contribution in [2.45, 2.75) is 26.3 Å². The minimum Gasteiger partial charge on any atom is -0.313 e. The highest BCUT2D eigenvalue weighted by Crippen LogP contribution is 2.20. The third-order valence-corrected chi connectivity index (χ3v) is 3.48. The molecule has 0 aliphatic rings. The van der Waals surface area contributed by atoms with Gasteiger partial charge in [0.1, 0.15) is 0 Å². The Balaban J connectivity index is 2.23. The van der Waals surface area contributed by atoms with Gasteiger partial charge in [-0.15, -0.1) is 0 Å². The van der Waals surface area contributed by atoms with Gasteiger partial charge >= 0.3 is 0 Å². The van der Waals surface area contributed by atoms with E-state index in [1.54, 1.807) is 0 Å². The molecule has 1 nitrogen and oxygen atoms in total. The fourth-order valence-electron chi connectivity index (χ4n) is 2.33. The topological polar surface area (TPSA) is 12.0 Å². The molecule has 1 atom stereocenters. The van der Waals surface area contributed by atoms with Gasteiger partial charge in [0.2, 0.25) is 0 Å². The quantitative estimate of drug-likeness (QED) is 0.855. The summed E-state index contributed by atoms with van der Waals surface area (Å²) in [6, 6.07) is 17.7. The Labute approximate surface area is 110 Å². The summed E-state index contributed by atoms with van der Waals surface area (Å²) in [7, 11) is 2.03. The number of hydrogen-bond donors (Lipinski definition) is 1. The highest BCUT2D eigenvalue weighted by atomic mass is 14.9. The molecule has 0 radical (unpaired) electrons. The van der Waals surface area contributed by atoms with E-state index in [9.17, 15) is 0 Å². The summed E-state index contributed by atoms with van der Waals surface area (Å²) in [6.07, 6.45) is 1.03. The molecule has 0 spiro atoms. The van der Waals surface area contributed by atoms with Crippen LogP contribution in [0, 0.1) is 13.8 Å². The molecule has 1 heteroatoms. The van der Waals surface area contributed by atoms with E-state index in [2.05, 4.69) is 67.7 Å². The van der Waals surface area contributed by atoms with Gasteiger partial charge in [-0.3, -0.25) is 0 Å². The van der Waals surface area contributed by atoms with E-state index >= 15 is 0 Å². The van der Waals surface area contributed by atoms with Crippen LogP contribution in [0.25, 0.3) is 0 Å². The van der Waals surface area contributed by atoms with Crippen LogP contribution in [0.15, 0.2) is 48.5 Å². The van der Waals surface area contributed by atoms with E-state index in [1.165, 1.54) is 22.3 Å². The fraction of sp³-hybridized carbons (Fsp3) is 0.294. The first kappa shape index (κ1) is 12.8. The summed E-state index contributed by atoms with van der Waals surface area (Å²) in [4.78, 5) is 0. The molecule has 2 aromatic rings. The summed E-state index contributed by atoms with van der Waals surface area (Å²) < 4.78 is 0. The Morgan fingerprint density at radius 2 is 1.78 bits per heavy atom. The van der Waals surface area contributed by atoms with E-state index in [1.807, 2.05) is 7.05 Å². The molecule has 0 saturated carbocycles. The van der Waals surface area contributed by atoms with E-state index in [0.29, 0.717) is 6.04 Å². The van der Waals surface area contributed by atoms with Gasteiger partial charge in [0, 0.05) is 6.04 Å². The van der Waals surface area contributed by atoms with Crippen molar-refractivity contribution >= 4 is 0 Å². The van der Waals surface area contributed by atoms with Crippen LogP contribution >= 0.6 is 0 Å². The highest BCUT2D eigenvalue weighted by Gasteiger charge is 2.11. The standard InChI is InChI=1S/C17H21N/c1-13-7-6-10-16(11-13)17(18-3)12-15-9-5-4-8-14(15)2/h4-11,17-18H,12H2,1-3H3. The Kier molecular flexibility index (Phi) is 4.16. The number of benzene rings is 2. The molecule has 0 aromatic heterocycles. The van der Waals surface area contributed by atoms with Gasteiger partial charge in [-0.25, -0.2) is 0 Å². The number of rotatable bonds is 4. The lowest BCUT2D eigenvalue weighted by Crippen LogP contribution is -2.19. The van der Waals surface area contributed by atoms with Crippen molar-refractivity contribution in [2.24, 2.45) is 0 Å². The van der Waals surface area contributed by atoms with E-state index in [4.69, 9.17) is 0 Å². The van der Waals surface area contributed by atoms with Crippen molar-refractivity contribution in [2.75, 3.05) is 7.05 Å². The molecule has 2 aromatic carbocycles. The van der Waals surface area contributed by atoms with Crippen LogP contribution in [0.3, 0.4) is 0 Å². The van der Waals surface area contributed by atoms with Crippen molar-refractivity contribution in [1.29, 1.82) is 0 Å². The minimum absolute atomic E-state index is 0.381. The first-order valence-electron chi connectivity index (χ1n) is 6.49. The third kappa shape index (κ3) is 2.99. The first-order chi connectivity index (χ1) is 8.70. The van der Waals surface area contributed by atoms with Crippen LogP contribution in [0.2, 0.25) is 0 Å². The van der Waals surface area contributed by atoms with Crippen LogP contribution in [0.5, 0.6) is 0 Å². The molecule has 0 fully saturated rings. The second-order valence-corrected chi connectivity index (χ2v) is 4.89. The van der Waals surface area contributed by atoms with E-state index in [-0.39, 0.29) is 0 Å². The monoisotopic (exact) mass is 239 g/mol. The number of aryl methyl sites for hydroxylation is 2. The molecule has 0 aliphatic heterocycles. The van der Waals surface area contributed by atoms with Crippen molar-refractivity contribution in [1.82, 2.24) is 5.32 Å². The normalized spacial score (nSPS) is 12.4. The number of hydrogen-bond acceptors (Lipinski definition) is 1. The van der Waals surface area contributed by atoms with Gasteiger partial charge < -0.3 is 5.32 Å². The molecule has 0 saturated heterocycles. The van der Waals surface area contributed by atoms with Crippen LogP contribution in [-0.4, -0.2) is 7.05 Å². The Hall–Kier alpha value is -1.60. The smallest absolute Gasteiger partial charge is 0.0358 e. The molecule has 94 valence electrons.